The third kappa shape index (κ3) is 4.90. The van der Waals surface area contributed by atoms with Crippen molar-refractivity contribution < 1.29 is 14.7 Å². The van der Waals surface area contributed by atoms with Crippen molar-refractivity contribution in [3.05, 3.63) is 77.9 Å². The predicted molar refractivity (Wildman–Crippen MR) is 85.2 cm³/mol. The Hall–Kier alpha value is -2.88. The zero-order valence-corrected chi connectivity index (χ0v) is 12.0. The second kappa shape index (κ2) is 7.78. The summed E-state index contributed by atoms with van der Waals surface area (Å²) in [7, 11) is 0. The number of rotatable bonds is 6. The Balaban J connectivity index is 1.97. The summed E-state index contributed by atoms with van der Waals surface area (Å²) in [5, 5.41) is 11.7. The summed E-state index contributed by atoms with van der Waals surface area (Å²) in [6.07, 6.45) is 3.24. The van der Waals surface area contributed by atoms with Gasteiger partial charge in [-0.1, -0.05) is 60.7 Å². The second-order valence-corrected chi connectivity index (χ2v) is 4.83. The van der Waals surface area contributed by atoms with Gasteiger partial charge >= 0.3 is 5.97 Å². The van der Waals surface area contributed by atoms with Gasteiger partial charge in [0.05, 0.1) is 0 Å². The Kier molecular flexibility index (Phi) is 5.49. The minimum Gasteiger partial charge on any atom is -0.480 e. The summed E-state index contributed by atoms with van der Waals surface area (Å²) in [5.41, 5.74) is 1.75. The Morgan fingerprint density at radius 2 is 1.59 bits per heavy atom. The number of carboxylic acids is 1. The number of carbonyl (C=O) groups excluding carboxylic acids is 1. The van der Waals surface area contributed by atoms with E-state index in [0.29, 0.717) is 0 Å². The topological polar surface area (TPSA) is 66.4 Å². The van der Waals surface area contributed by atoms with E-state index in [9.17, 15) is 14.7 Å². The standard InChI is InChI=1S/C18H17NO3/c20-17(12-11-14-7-3-1-4-8-14)19-16(18(21)22)13-15-9-5-2-6-10-15/h1-12,16H,13H2,(H,19,20)(H,21,22)/b12-11+/t16-/m0/s1. The number of nitrogens with one attached hydrogen (secondary N) is 1. The quantitative estimate of drug-likeness (QED) is 0.805. The average molecular weight is 295 g/mol. The molecule has 22 heavy (non-hydrogen) atoms. The van der Waals surface area contributed by atoms with E-state index in [1.807, 2.05) is 60.7 Å². The first-order valence-electron chi connectivity index (χ1n) is 6.95. The fourth-order valence-electron chi connectivity index (χ4n) is 2.01. The number of benzene rings is 2. The van der Waals surface area contributed by atoms with E-state index in [0.717, 1.165) is 11.1 Å². The van der Waals surface area contributed by atoms with Crippen LogP contribution >= 0.6 is 0 Å². The lowest BCUT2D eigenvalue weighted by Gasteiger charge is -2.13. The molecule has 0 unspecified atom stereocenters. The van der Waals surface area contributed by atoms with Crippen LogP contribution in [-0.2, 0) is 16.0 Å². The van der Waals surface area contributed by atoms with Crippen molar-refractivity contribution in [2.45, 2.75) is 12.5 Å². The van der Waals surface area contributed by atoms with E-state index >= 15 is 0 Å². The lowest BCUT2D eigenvalue weighted by Crippen LogP contribution is -2.41. The highest BCUT2D eigenvalue weighted by Crippen LogP contribution is 2.04. The van der Waals surface area contributed by atoms with Crippen LogP contribution in [0.25, 0.3) is 6.08 Å². The van der Waals surface area contributed by atoms with Crippen LogP contribution < -0.4 is 5.32 Å². The summed E-state index contributed by atoms with van der Waals surface area (Å²) in [6, 6.07) is 17.6. The van der Waals surface area contributed by atoms with Gasteiger partial charge in [-0.3, -0.25) is 4.79 Å². The van der Waals surface area contributed by atoms with Crippen LogP contribution in [0.1, 0.15) is 11.1 Å². The number of hydrogen-bond acceptors (Lipinski definition) is 2. The first-order valence-corrected chi connectivity index (χ1v) is 6.95. The lowest BCUT2D eigenvalue weighted by atomic mass is 10.1. The third-order valence-electron chi connectivity index (χ3n) is 3.12. The van der Waals surface area contributed by atoms with E-state index < -0.39 is 17.9 Å². The number of carbonyl (C=O) groups is 2. The maximum atomic E-state index is 11.9. The van der Waals surface area contributed by atoms with Gasteiger partial charge in [0.25, 0.3) is 0 Å². The average Bonchev–Trinajstić information content (AvgIpc) is 2.54. The molecule has 2 rings (SSSR count). The smallest absolute Gasteiger partial charge is 0.326 e. The van der Waals surface area contributed by atoms with Crippen LogP contribution in [0.3, 0.4) is 0 Å². The minimum atomic E-state index is -1.05. The Morgan fingerprint density at radius 1 is 1.00 bits per heavy atom. The van der Waals surface area contributed by atoms with Gasteiger partial charge in [0.15, 0.2) is 0 Å². The second-order valence-electron chi connectivity index (χ2n) is 4.83. The summed E-state index contributed by atoms with van der Waals surface area (Å²) in [6.45, 7) is 0. The summed E-state index contributed by atoms with van der Waals surface area (Å²) in [5.74, 6) is -1.47. The van der Waals surface area contributed by atoms with Gasteiger partial charge in [-0.25, -0.2) is 4.79 Å². The van der Waals surface area contributed by atoms with Gasteiger partial charge in [-0.15, -0.1) is 0 Å². The first-order chi connectivity index (χ1) is 10.6. The molecule has 4 nitrogen and oxygen atoms in total. The van der Waals surface area contributed by atoms with Crippen LogP contribution in [0.2, 0.25) is 0 Å². The van der Waals surface area contributed by atoms with Gasteiger partial charge in [0, 0.05) is 12.5 Å². The van der Waals surface area contributed by atoms with E-state index in [-0.39, 0.29) is 6.42 Å². The highest BCUT2D eigenvalue weighted by atomic mass is 16.4. The molecule has 2 aromatic carbocycles. The zero-order valence-electron chi connectivity index (χ0n) is 12.0. The molecule has 1 amide bonds. The summed E-state index contributed by atoms with van der Waals surface area (Å²) < 4.78 is 0. The van der Waals surface area contributed by atoms with Gasteiger partial charge in [0.1, 0.15) is 6.04 Å². The van der Waals surface area contributed by atoms with Gasteiger partial charge in [-0.05, 0) is 17.2 Å². The molecule has 0 radical (unpaired) electrons. The van der Waals surface area contributed by atoms with Crippen molar-refractivity contribution in [2.75, 3.05) is 0 Å². The van der Waals surface area contributed by atoms with E-state index in [2.05, 4.69) is 5.32 Å². The SMILES string of the molecule is O=C(/C=C/c1ccccc1)N[C@@H](Cc1ccccc1)C(=O)O. The fraction of sp³-hybridized carbons (Fsp3) is 0.111. The van der Waals surface area contributed by atoms with Crippen molar-refractivity contribution in [1.82, 2.24) is 5.32 Å². The molecular weight excluding hydrogens is 278 g/mol. The molecule has 0 aliphatic heterocycles. The maximum absolute atomic E-state index is 11.9. The summed E-state index contributed by atoms with van der Waals surface area (Å²) >= 11 is 0. The Bertz CT molecular complexity index is 651. The van der Waals surface area contributed by atoms with Crippen molar-refractivity contribution in [3.8, 4) is 0 Å². The normalized spacial score (nSPS) is 12.0. The molecule has 1 atom stereocenters. The zero-order chi connectivity index (χ0) is 15.8. The monoisotopic (exact) mass is 295 g/mol. The predicted octanol–water partition coefficient (Wildman–Crippen LogP) is 2.51. The molecular formula is C18H17NO3. The van der Waals surface area contributed by atoms with Gasteiger partial charge in [-0.2, -0.15) is 0 Å². The maximum Gasteiger partial charge on any atom is 0.326 e. The van der Waals surface area contributed by atoms with E-state index in [1.54, 1.807) is 6.08 Å². The molecule has 0 aliphatic rings. The summed E-state index contributed by atoms with van der Waals surface area (Å²) in [4.78, 5) is 23.1. The number of hydrogen-bond donors (Lipinski definition) is 2. The van der Waals surface area contributed by atoms with Crippen LogP contribution in [0.4, 0.5) is 0 Å². The van der Waals surface area contributed by atoms with Crippen LogP contribution in [0.5, 0.6) is 0 Å². The number of carboxylic acid groups (broad SMARTS) is 1. The molecule has 2 aromatic rings. The van der Waals surface area contributed by atoms with Gasteiger partial charge < -0.3 is 10.4 Å². The molecule has 112 valence electrons. The molecule has 0 aliphatic carbocycles. The minimum absolute atomic E-state index is 0.251. The van der Waals surface area contributed by atoms with E-state index in [4.69, 9.17) is 0 Å². The van der Waals surface area contributed by atoms with Crippen molar-refractivity contribution >= 4 is 18.0 Å². The third-order valence-corrected chi connectivity index (χ3v) is 3.12. The lowest BCUT2D eigenvalue weighted by molar-refractivity contribution is -0.141. The highest BCUT2D eigenvalue weighted by molar-refractivity contribution is 5.94. The Labute approximate surface area is 129 Å². The number of aliphatic carboxylic acids is 1. The van der Waals surface area contributed by atoms with Gasteiger partial charge in [0.2, 0.25) is 5.91 Å². The molecule has 0 saturated carbocycles. The molecule has 4 heteroatoms. The first kappa shape index (κ1) is 15.5. The molecule has 0 saturated heterocycles. The molecule has 0 aromatic heterocycles. The molecule has 0 fully saturated rings. The van der Waals surface area contributed by atoms with Crippen molar-refractivity contribution in [1.29, 1.82) is 0 Å². The Morgan fingerprint density at radius 3 is 2.18 bits per heavy atom. The number of amides is 1. The molecule has 0 bridgehead atoms. The fourth-order valence-corrected chi connectivity index (χ4v) is 2.01. The molecule has 0 heterocycles. The molecule has 2 N–H and O–H groups in total. The van der Waals surface area contributed by atoms with Crippen LogP contribution in [0.15, 0.2) is 66.7 Å². The van der Waals surface area contributed by atoms with Crippen molar-refractivity contribution in [2.24, 2.45) is 0 Å². The molecule has 0 spiro atoms. The van der Waals surface area contributed by atoms with E-state index in [1.165, 1.54) is 6.08 Å². The largest absolute Gasteiger partial charge is 0.480 e. The van der Waals surface area contributed by atoms with Crippen LogP contribution in [0, 0.1) is 0 Å². The highest BCUT2D eigenvalue weighted by Gasteiger charge is 2.19. The van der Waals surface area contributed by atoms with Crippen molar-refractivity contribution in [3.63, 3.8) is 0 Å². The van der Waals surface area contributed by atoms with Crippen LogP contribution in [-0.4, -0.2) is 23.0 Å².